The maximum atomic E-state index is 13.9. The Balaban J connectivity index is 1.80. The van der Waals surface area contributed by atoms with Crippen LogP contribution in [0, 0.1) is 13.8 Å². The number of hydrogen-bond acceptors (Lipinski definition) is 4. The van der Waals surface area contributed by atoms with Crippen molar-refractivity contribution in [1.82, 2.24) is 9.55 Å². The van der Waals surface area contributed by atoms with Crippen molar-refractivity contribution in [1.29, 1.82) is 0 Å². The Morgan fingerprint density at radius 2 is 1.86 bits per heavy atom. The highest BCUT2D eigenvalue weighted by Gasteiger charge is 2.26. The van der Waals surface area contributed by atoms with Gasteiger partial charge in [0.25, 0.3) is 11.5 Å². The SMILES string of the molecule is Cc1ccc(C)c(C(=O)N(CCC2=CCCCC2)c2c(N)n(Cc3ccccc3)c(=O)[nH]c2=O)c1. The lowest BCUT2D eigenvalue weighted by Crippen LogP contribution is -2.42. The molecule has 4 rings (SSSR count). The third kappa shape index (κ3) is 5.45. The van der Waals surface area contributed by atoms with Crippen LogP contribution in [0.4, 0.5) is 11.5 Å². The molecule has 0 radical (unpaired) electrons. The predicted molar refractivity (Wildman–Crippen MR) is 140 cm³/mol. The third-order valence-electron chi connectivity index (χ3n) is 6.58. The van der Waals surface area contributed by atoms with Gasteiger partial charge in [0.2, 0.25) is 0 Å². The van der Waals surface area contributed by atoms with E-state index < -0.39 is 11.2 Å². The van der Waals surface area contributed by atoms with Crippen LogP contribution in [0.1, 0.15) is 59.2 Å². The van der Waals surface area contributed by atoms with E-state index >= 15 is 0 Å². The lowest BCUT2D eigenvalue weighted by atomic mass is 9.97. The van der Waals surface area contributed by atoms with E-state index in [1.807, 2.05) is 62.4 Å². The van der Waals surface area contributed by atoms with Crippen molar-refractivity contribution in [2.24, 2.45) is 0 Å². The second kappa shape index (κ2) is 10.6. The predicted octanol–water partition coefficient (Wildman–Crippen LogP) is 4.32. The minimum atomic E-state index is -0.659. The number of nitrogens with two attached hydrogens (primary N) is 1. The molecule has 7 nitrogen and oxygen atoms in total. The molecule has 2 aromatic carbocycles. The second-order valence-corrected chi connectivity index (χ2v) is 9.20. The van der Waals surface area contributed by atoms with Crippen LogP contribution in [0.25, 0.3) is 0 Å². The molecule has 1 aromatic heterocycles. The Morgan fingerprint density at radius 1 is 1.09 bits per heavy atom. The minimum absolute atomic E-state index is 0.0149. The number of aryl methyl sites for hydroxylation is 2. The van der Waals surface area contributed by atoms with Crippen molar-refractivity contribution in [3.63, 3.8) is 0 Å². The molecule has 3 aromatic rings. The van der Waals surface area contributed by atoms with Crippen molar-refractivity contribution in [2.75, 3.05) is 17.2 Å². The van der Waals surface area contributed by atoms with Crippen molar-refractivity contribution >= 4 is 17.4 Å². The van der Waals surface area contributed by atoms with Crippen molar-refractivity contribution in [2.45, 2.75) is 52.5 Å². The standard InChI is InChI=1S/C28H32N4O3/c1-19-13-14-20(2)23(17-19)27(34)31(16-15-21-9-5-3-6-10-21)24-25(29)32(28(35)30-26(24)33)18-22-11-7-4-8-12-22/h4,7-9,11-14,17H,3,5-6,10,15-16,18,29H2,1-2H3,(H,30,33,35). The van der Waals surface area contributed by atoms with Gasteiger partial charge in [0.1, 0.15) is 5.82 Å². The van der Waals surface area contributed by atoms with E-state index in [9.17, 15) is 14.4 Å². The van der Waals surface area contributed by atoms with Gasteiger partial charge in [-0.2, -0.15) is 0 Å². The molecular formula is C28H32N4O3. The molecule has 3 N–H and O–H groups in total. The molecule has 1 amide bonds. The minimum Gasteiger partial charge on any atom is -0.383 e. The van der Waals surface area contributed by atoms with E-state index in [0.717, 1.165) is 36.0 Å². The molecule has 1 heterocycles. The van der Waals surface area contributed by atoms with Gasteiger partial charge in [-0.05, 0) is 63.1 Å². The van der Waals surface area contributed by atoms with Crippen LogP contribution in [0.15, 0.2) is 69.8 Å². The molecule has 1 aliphatic carbocycles. The van der Waals surface area contributed by atoms with E-state index in [0.29, 0.717) is 18.5 Å². The number of carbonyl (C=O) groups excluding carboxylic acids is 1. The van der Waals surface area contributed by atoms with Gasteiger partial charge < -0.3 is 10.6 Å². The Morgan fingerprint density at radius 3 is 2.57 bits per heavy atom. The second-order valence-electron chi connectivity index (χ2n) is 9.20. The summed E-state index contributed by atoms with van der Waals surface area (Å²) in [6.45, 7) is 4.29. The van der Waals surface area contributed by atoms with Crippen LogP contribution >= 0.6 is 0 Å². The molecule has 0 saturated carbocycles. The number of benzene rings is 2. The monoisotopic (exact) mass is 472 g/mol. The summed E-state index contributed by atoms with van der Waals surface area (Å²) in [6, 6.07) is 15.1. The van der Waals surface area contributed by atoms with E-state index in [1.165, 1.54) is 21.5 Å². The number of nitrogens with one attached hydrogen (secondary N) is 1. The van der Waals surface area contributed by atoms with Crippen LogP contribution in [-0.2, 0) is 6.54 Å². The average molecular weight is 473 g/mol. The molecule has 0 saturated heterocycles. The number of allylic oxidation sites excluding steroid dienone is 1. The normalized spacial score (nSPS) is 13.4. The Kier molecular flexibility index (Phi) is 7.34. The summed E-state index contributed by atoms with van der Waals surface area (Å²) in [7, 11) is 0. The highest BCUT2D eigenvalue weighted by molar-refractivity contribution is 6.08. The quantitative estimate of drug-likeness (QED) is 0.500. The van der Waals surface area contributed by atoms with Gasteiger partial charge in [-0.1, -0.05) is 59.7 Å². The largest absolute Gasteiger partial charge is 0.383 e. The van der Waals surface area contributed by atoms with E-state index in [1.54, 1.807) is 0 Å². The highest BCUT2D eigenvalue weighted by atomic mass is 16.2. The molecule has 7 heteroatoms. The number of H-pyrrole nitrogens is 1. The van der Waals surface area contributed by atoms with Gasteiger partial charge in [-0.25, -0.2) is 4.79 Å². The summed E-state index contributed by atoms with van der Waals surface area (Å²) in [4.78, 5) is 43.5. The summed E-state index contributed by atoms with van der Waals surface area (Å²) in [5, 5.41) is 0. The zero-order valence-electron chi connectivity index (χ0n) is 20.3. The molecule has 35 heavy (non-hydrogen) atoms. The number of nitrogens with zero attached hydrogens (tertiary/aromatic N) is 2. The van der Waals surface area contributed by atoms with Crippen LogP contribution in [0.2, 0.25) is 0 Å². The van der Waals surface area contributed by atoms with Gasteiger partial charge in [0, 0.05) is 12.1 Å². The third-order valence-corrected chi connectivity index (χ3v) is 6.58. The Bertz CT molecular complexity index is 1370. The van der Waals surface area contributed by atoms with Crippen LogP contribution in [0.3, 0.4) is 0 Å². The molecule has 0 unspecified atom stereocenters. The lowest BCUT2D eigenvalue weighted by Gasteiger charge is -2.26. The number of aromatic nitrogens is 2. The first-order valence-corrected chi connectivity index (χ1v) is 12.1. The highest BCUT2D eigenvalue weighted by Crippen LogP contribution is 2.25. The molecule has 182 valence electrons. The number of anilines is 2. The number of rotatable bonds is 7. The topological polar surface area (TPSA) is 101 Å². The summed E-state index contributed by atoms with van der Waals surface area (Å²) in [5.74, 6) is -0.316. The maximum absolute atomic E-state index is 13.9. The number of carbonyl (C=O) groups is 1. The van der Waals surface area contributed by atoms with E-state index in [-0.39, 0.29) is 24.0 Å². The van der Waals surface area contributed by atoms with E-state index in [2.05, 4.69) is 11.1 Å². The Hall–Kier alpha value is -3.87. The summed E-state index contributed by atoms with van der Waals surface area (Å²) in [5.41, 5.74) is 9.64. The molecular weight excluding hydrogens is 440 g/mol. The van der Waals surface area contributed by atoms with Gasteiger partial charge in [0.15, 0.2) is 5.69 Å². The fourth-order valence-electron chi connectivity index (χ4n) is 4.57. The van der Waals surface area contributed by atoms with Crippen molar-refractivity contribution in [3.05, 3.63) is 103 Å². The first-order chi connectivity index (χ1) is 16.8. The molecule has 0 atom stereocenters. The van der Waals surface area contributed by atoms with E-state index in [4.69, 9.17) is 5.73 Å². The Labute approximate surface area is 204 Å². The fourth-order valence-corrected chi connectivity index (χ4v) is 4.57. The molecule has 0 fully saturated rings. The first kappa shape index (κ1) is 24.3. The van der Waals surface area contributed by atoms with Gasteiger partial charge >= 0.3 is 5.69 Å². The van der Waals surface area contributed by atoms with Gasteiger partial charge in [-0.15, -0.1) is 0 Å². The first-order valence-electron chi connectivity index (χ1n) is 12.1. The molecule has 0 aliphatic heterocycles. The van der Waals surface area contributed by atoms with Crippen molar-refractivity contribution in [3.8, 4) is 0 Å². The number of amides is 1. The van der Waals surface area contributed by atoms with Crippen LogP contribution < -0.4 is 21.9 Å². The lowest BCUT2D eigenvalue weighted by molar-refractivity contribution is 0.0986. The van der Waals surface area contributed by atoms with Crippen LogP contribution in [-0.4, -0.2) is 22.0 Å². The van der Waals surface area contributed by atoms with Gasteiger partial charge in [-0.3, -0.25) is 19.1 Å². The number of aromatic amines is 1. The fraction of sp³-hybridized carbons (Fsp3) is 0.321. The number of hydrogen-bond donors (Lipinski definition) is 2. The van der Waals surface area contributed by atoms with Crippen molar-refractivity contribution < 1.29 is 4.79 Å². The summed E-state index contributed by atoms with van der Waals surface area (Å²) in [6.07, 6.45) is 7.20. The van der Waals surface area contributed by atoms with Crippen LogP contribution in [0.5, 0.6) is 0 Å². The maximum Gasteiger partial charge on any atom is 0.330 e. The van der Waals surface area contributed by atoms with Gasteiger partial charge in [0.05, 0.1) is 6.54 Å². The summed E-state index contributed by atoms with van der Waals surface area (Å²) >= 11 is 0. The molecule has 1 aliphatic rings. The summed E-state index contributed by atoms with van der Waals surface area (Å²) < 4.78 is 1.31. The molecule has 0 spiro atoms. The number of nitrogen functional groups attached to an aromatic ring is 1. The smallest absolute Gasteiger partial charge is 0.330 e. The molecule has 0 bridgehead atoms. The average Bonchev–Trinajstić information content (AvgIpc) is 2.86. The zero-order valence-corrected chi connectivity index (χ0v) is 20.3. The zero-order chi connectivity index (χ0) is 24.9.